The highest BCUT2D eigenvalue weighted by Crippen LogP contribution is 2.12. The maximum atomic E-state index is 5.79. The van der Waals surface area contributed by atoms with E-state index in [0.717, 1.165) is 45.1 Å². The van der Waals surface area contributed by atoms with E-state index in [2.05, 4.69) is 67.4 Å². The zero-order valence-electron chi connectivity index (χ0n) is 14.1. The highest BCUT2D eigenvalue weighted by Gasteiger charge is 2.00. The Kier molecular flexibility index (Phi) is 9.06. The van der Waals surface area contributed by atoms with Crippen molar-refractivity contribution < 1.29 is 4.74 Å². The lowest BCUT2D eigenvalue weighted by molar-refractivity contribution is 0.229. The second-order valence-electron chi connectivity index (χ2n) is 5.73. The highest BCUT2D eigenvalue weighted by atomic mass is 16.5. The van der Waals surface area contributed by atoms with E-state index in [1.807, 2.05) is 0 Å². The van der Waals surface area contributed by atoms with Gasteiger partial charge < -0.3 is 19.9 Å². The lowest BCUT2D eigenvalue weighted by Crippen LogP contribution is -2.27. The molecule has 0 atom stereocenters. The van der Waals surface area contributed by atoms with Gasteiger partial charge in [-0.05, 0) is 64.9 Å². The van der Waals surface area contributed by atoms with Crippen LogP contribution in [0.1, 0.15) is 18.9 Å². The number of ether oxygens (including phenoxy) is 1. The van der Waals surface area contributed by atoms with Crippen LogP contribution in [0.4, 0.5) is 0 Å². The van der Waals surface area contributed by atoms with Crippen molar-refractivity contribution in [2.24, 2.45) is 0 Å². The molecule has 0 aromatic heterocycles. The van der Waals surface area contributed by atoms with E-state index in [4.69, 9.17) is 4.74 Å². The third-order valence-electron chi connectivity index (χ3n) is 3.39. The number of benzene rings is 1. The van der Waals surface area contributed by atoms with Crippen molar-refractivity contribution >= 4 is 0 Å². The minimum Gasteiger partial charge on any atom is -0.492 e. The number of hydrogen-bond acceptors (Lipinski definition) is 4. The van der Waals surface area contributed by atoms with Gasteiger partial charge in [-0.2, -0.15) is 0 Å². The van der Waals surface area contributed by atoms with E-state index in [-0.39, 0.29) is 0 Å². The summed E-state index contributed by atoms with van der Waals surface area (Å²) in [7, 11) is 6.38. The molecule has 0 amide bonds. The predicted octanol–water partition coefficient (Wildman–Crippen LogP) is 2.06. The topological polar surface area (TPSA) is 27.7 Å². The Morgan fingerprint density at radius 3 is 2.33 bits per heavy atom. The van der Waals surface area contributed by atoms with Gasteiger partial charge in [-0.15, -0.1) is 0 Å². The predicted molar refractivity (Wildman–Crippen MR) is 90.0 cm³/mol. The molecule has 0 aliphatic heterocycles. The Balaban J connectivity index is 2.16. The number of rotatable bonds is 11. The molecule has 0 saturated carbocycles. The second-order valence-corrected chi connectivity index (χ2v) is 5.73. The van der Waals surface area contributed by atoms with Gasteiger partial charge in [0.05, 0.1) is 0 Å². The summed E-state index contributed by atoms with van der Waals surface area (Å²) in [5.74, 6) is 0.955. The van der Waals surface area contributed by atoms with Crippen LogP contribution in [0.2, 0.25) is 0 Å². The van der Waals surface area contributed by atoms with Gasteiger partial charge in [0.1, 0.15) is 12.4 Å². The van der Waals surface area contributed by atoms with E-state index < -0.39 is 0 Å². The van der Waals surface area contributed by atoms with E-state index in [0.29, 0.717) is 0 Å². The molecule has 0 heterocycles. The molecule has 0 aliphatic carbocycles. The van der Waals surface area contributed by atoms with Crippen molar-refractivity contribution in [3.8, 4) is 5.75 Å². The first-order valence-corrected chi connectivity index (χ1v) is 7.87. The van der Waals surface area contributed by atoms with Gasteiger partial charge >= 0.3 is 0 Å². The van der Waals surface area contributed by atoms with Crippen LogP contribution < -0.4 is 10.1 Å². The molecule has 4 nitrogen and oxygen atoms in total. The number of nitrogens with one attached hydrogen (secondary N) is 1. The van der Waals surface area contributed by atoms with Gasteiger partial charge in [0.25, 0.3) is 0 Å². The SMILES string of the molecule is CCNCc1ccc(OCCN(C)CCCN(C)C)cc1. The fraction of sp³-hybridized carbons (Fsp3) is 0.647. The fourth-order valence-electron chi connectivity index (χ4n) is 2.06. The van der Waals surface area contributed by atoms with Crippen molar-refractivity contribution in [3.63, 3.8) is 0 Å². The Morgan fingerprint density at radius 2 is 1.71 bits per heavy atom. The van der Waals surface area contributed by atoms with E-state index in [1.54, 1.807) is 0 Å². The molecule has 4 heteroatoms. The summed E-state index contributed by atoms with van der Waals surface area (Å²) in [4.78, 5) is 4.54. The van der Waals surface area contributed by atoms with Crippen LogP contribution in [0.5, 0.6) is 5.75 Å². The molecule has 0 aliphatic rings. The van der Waals surface area contributed by atoms with E-state index in [9.17, 15) is 0 Å². The van der Waals surface area contributed by atoms with Crippen molar-refractivity contribution in [2.45, 2.75) is 19.9 Å². The molecule has 0 bridgehead atoms. The third kappa shape index (κ3) is 8.71. The zero-order chi connectivity index (χ0) is 15.5. The van der Waals surface area contributed by atoms with Gasteiger partial charge in [0.2, 0.25) is 0 Å². The first-order chi connectivity index (χ1) is 10.1. The van der Waals surface area contributed by atoms with Crippen molar-refractivity contribution in [1.82, 2.24) is 15.1 Å². The van der Waals surface area contributed by atoms with Gasteiger partial charge in [-0.3, -0.25) is 0 Å². The first kappa shape index (κ1) is 18.0. The molecule has 0 fully saturated rings. The van der Waals surface area contributed by atoms with Crippen LogP contribution in [0.25, 0.3) is 0 Å². The first-order valence-electron chi connectivity index (χ1n) is 7.87. The molecule has 0 unspecified atom stereocenters. The Bertz CT molecular complexity index is 365. The summed E-state index contributed by atoms with van der Waals surface area (Å²) in [6.07, 6.45) is 1.20. The van der Waals surface area contributed by atoms with Gasteiger partial charge in [-0.25, -0.2) is 0 Å². The van der Waals surface area contributed by atoms with Crippen molar-refractivity contribution in [1.29, 1.82) is 0 Å². The smallest absolute Gasteiger partial charge is 0.119 e. The van der Waals surface area contributed by atoms with Crippen LogP contribution in [0.15, 0.2) is 24.3 Å². The third-order valence-corrected chi connectivity index (χ3v) is 3.39. The van der Waals surface area contributed by atoms with Crippen LogP contribution in [-0.2, 0) is 6.54 Å². The molecular weight excluding hydrogens is 262 g/mol. The molecule has 0 radical (unpaired) electrons. The highest BCUT2D eigenvalue weighted by molar-refractivity contribution is 5.27. The normalized spacial score (nSPS) is 11.3. The van der Waals surface area contributed by atoms with Crippen LogP contribution in [-0.4, -0.2) is 63.7 Å². The summed E-state index contributed by atoms with van der Waals surface area (Å²) in [5.41, 5.74) is 1.30. The van der Waals surface area contributed by atoms with E-state index in [1.165, 1.54) is 12.0 Å². The lowest BCUT2D eigenvalue weighted by atomic mass is 10.2. The monoisotopic (exact) mass is 293 g/mol. The second kappa shape index (κ2) is 10.6. The van der Waals surface area contributed by atoms with Gasteiger partial charge in [0, 0.05) is 13.1 Å². The van der Waals surface area contributed by atoms with Crippen LogP contribution >= 0.6 is 0 Å². The Hall–Kier alpha value is -1.10. The molecule has 1 rings (SSSR count). The van der Waals surface area contributed by atoms with Crippen molar-refractivity contribution in [3.05, 3.63) is 29.8 Å². The minimum absolute atomic E-state index is 0.741. The number of hydrogen-bond donors (Lipinski definition) is 1. The zero-order valence-corrected chi connectivity index (χ0v) is 14.1. The standard InChI is InChI=1S/C17H31N3O/c1-5-18-15-16-7-9-17(10-8-16)21-14-13-20(4)12-6-11-19(2)3/h7-10,18H,5-6,11-15H2,1-4H3. The molecule has 0 saturated heterocycles. The quantitative estimate of drug-likeness (QED) is 0.676. The lowest BCUT2D eigenvalue weighted by Gasteiger charge is -2.18. The van der Waals surface area contributed by atoms with Gasteiger partial charge in [0.15, 0.2) is 0 Å². The van der Waals surface area contributed by atoms with Crippen molar-refractivity contribution in [2.75, 3.05) is 53.9 Å². The maximum absolute atomic E-state index is 5.79. The van der Waals surface area contributed by atoms with Gasteiger partial charge in [-0.1, -0.05) is 19.1 Å². The summed E-state index contributed by atoms with van der Waals surface area (Å²) >= 11 is 0. The maximum Gasteiger partial charge on any atom is 0.119 e. The Labute approximate surface area is 130 Å². The number of nitrogens with zero attached hydrogens (tertiary/aromatic N) is 2. The molecule has 21 heavy (non-hydrogen) atoms. The van der Waals surface area contributed by atoms with Crippen LogP contribution in [0.3, 0.4) is 0 Å². The largest absolute Gasteiger partial charge is 0.492 e. The average Bonchev–Trinajstić information content (AvgIpc) is 2.46. The summed E-state index contributed by atoms with van der Waals surface area (Å²) in [6.45, 7) is 8.00. The molecule has 0 spiro atoms. The van der Waals surface area contributed by atoms with E-state index >= 15 is 0 Å². The minimum atomic E-state index is 0.741. The summed E-state index contributed by atoms with van der Waals surface area (Å²) in [5, 5.41) is 3.32. The molecular formula is C17H31N3O. The summed E-state index contributed by atoms with van der Waals surface area (Å²) < 4.78 is 5.79. The average molecular weight is 293 g/mol. The fourth-order valence-corrected chi connectivity index (χ4v) is 2.06. The Morgan fingerprint density at radius 1 is 1.00 bits per heavy atom. The number of likely N-dealkylation sites (N-methyl/N-ethyl adjacent to an activating group) is 1. The van der Waals surface area contributed by atoms with Crippen LogP contribution in [0, 0.1) is 0 Å². The molecule has 1 aromatic rings. The molecule has 1 aromatic carbocycles. The molecule has 1 N–H and O–H groups in total. The molecule has 120 valence electrons. The summed E-state index contributed by atoms with van der Waals surface area (Å²) in [6, 6.07) is 8.36.